The molecule has 58 heavy (non-hydrogen) atoms. The van der Waals surface area contributed by atoms with Crippen LogP contribution in [0.4, 0.5) is 11.4 Å². The summed E-state index contributed by atoms with van der Waals surface area (Å²) in [5.41, 5.74) is 16.3. The summed E-state index contributed by atoms with van der Waals surface area (Å²) in [6.07, 6.45) is 1.87. The van der Waals surface area contributed by atoms with Crippen LogP contribution in [0.15, 0.2) is 188 Å². The average Bonchev–Trinajstić information content (AvgIpc) is 3.50. The minimum absolute atomic E-state index is 0.0273. The Morgan fingerprint density at radius 1 is 0.517 bits per heavy atom. The number of aryl methyl sites for hydroxylation is 3. The van der Waals surface area contributed by atoms with Crippen molar-refractivity contribution in [3.63, 3.8) is 0 Å². The smallest absolute Gasteiger partial charge is 0.144 e. The van der Waals surface area contributed by atoms with Crippen LogP contribution in [0.5, 0.6) is 0 Å². The van der Waals surface area contributed by atoms with Crippen molar-refractivity contribution in [3.05, 3.63) is 249 Å². The molecule has 2 nitrogen and oxygen atoms in total. The number of para-hydroxylation sites is 1. The lowest BCUT2D eigenvalue weighted by Crippen LogP contribution is -2.37. The van der Waals surface area contributed by atoms with E-state index in [0.29, 0.717) is 0 Å². The van der Waals surface area contributed by atoms with Gasteiger partial charge in [0.05, 0.1) is 6.04 Å². The van der Waals surface area contributed by atoms with Crippen LogP contribution in [0.1, 0.15) is 92.9 Å². The summed E-state index contributed by atoms with van der Waals surface area (Å²) in [6.45, 7) is 6.77. The molecular formula is C55H49BrN2. The molecule has 0 bridgehead atoms. The van der Waals surface area contributed by atoms with Gasteiger partial charge in [-0.15, -0.1) is 0 Å². The summed E-state index contributed by atoms with van der Waals surface area (Å²) in [7, 11) is 0. The Labute approximate surface area is 352 Å². The first-order chi connectivity index (χ1) is 28.5. The summed E-state index contributed by atoms with van der Waals surface area (Å²) >= 11 is 4.55. The van der Waals surface area contributed by atoms with E-state index in [-0.39, 0.29) is 17.9 Å². The Balaban J connectivity index is 1.34. The lowest BCUT2D eigenvalue weighted by molar-refractivity contribution is 0.633. The Morgan fingerprint density at radius 3 is 1.40 bits per heavy atom. The summed E-state index contributed by atoms with van der Waals surface area (Å²) in [4.78, 5) is 0. The van der Waals surface area contributed by atoms with E-state index >= 15 is 0 Å². The van der Waals surface area contributed by atoms with Gasteiger partial charge < -0.3 is 10.6 Å². The number of benzene rings is 8. The number of anilines is 2. The van der Waals surface area contributed by atoms with Crippen molar-refractivity contribution in [1.29, 1.82) is 0 Å². The molecule has 0 amide bonds. The van der Waals surface area contributed by atoms with Gasteiger partial charge in [0.15, 0.2) is 0 Å². The first-order valence-corrected chi connectivity index (χ1v) is 21.5. The molecule has 0 fully saturated rings. The van der Waals surface area contributed by atoms with Gasteiger partial charge in [-0.25, -0.2) is 0 Å². The second-order valence-corrected chi connectivity index (χ2v) is 16.9. The van der Waals surface area contributed by atoms with Gasteiger partial charge in [0.1, 0.15) is 4.45 Å². The van der Waals surface area contributed by atoms with E-state index in [1.165, 1.54) is 77.7 Å². The van der Waals surface area contributed by atoms with E-state index in [1.54, 1.807) is 0 Å². The molecule has 1 aliphatic carbocycles. The van der Waals surface area contributed by atoms with Gasteiger partial charge >= 0.3 is 0 Å². The van der Waals surface area contributed by atoms with Gasteiger partial charge in [-0.05, 0) is 86.2 Å². The molecule has 0 aliphatic heterocycles. The van der Waals surface area contributed by atoms with Crippen molar-refractivity contribution in [3.8, 4) is 0 Å². The number of nitrogens with one attached hydrogen (secondary N) is 2. The SMILES string of the molecule is CCc1cccc(CC)c1NC1(Br)c2cccc3cccc(c23)C1Nc1c(C(c2ccccc2)c2ccccc2)cc(C)cc1C(c1ccccc1)c1ccccc1. The van der Waals surface area contributed by atoms with Gasteiger partial charge in [-0.3, -0.25) is 0 Å². The third-order valence-corrected chi connectivity index (χ3v) is 13.2. The molecule has 2 unspecified atom stereocenters. The zero-order valence-electron chi connectivity index (χ0n) is 33.4. The molecule has 0 spiro atoms. The van der Waals surface area contributed by atoms with Gasteiger partial charge in [0.25, 0.3) is 0 Å². The van der Waals surface area contributed by atoms with Crippen molar-refractivity contribution in [1.82, 2.24) is 0 Å². The maximum Gasteiger partial charge on any atom is 0.144 e. The lowest BCUT2D eigenvalue weighted by atomic mass is 9.78. The monoisotopic (exact) mass is 816 g/mol. The van der Waals surface area contributed by atoms with Gasteiger partial charge in [-0.1, -0.05) is 223 Å². The number of hydrogen-bond donors (Lipinski definition) is 2. The molecule has 0 saturated heterocycles. The first kappa shape index (κ1) is 37.7. The van der Waals surface area contributed by atoms with E-state index in [0.717, 1.165) is 18.5 Å². The summed E-state index contributed by atoms with van der Waals surface area (Å²) in [6, 6.07) is 69.1. The fourth-order valence-corrected chi connectivity index (χ4v) is 10.4. The Hall–Kier alpha value is -5.90. The molecule has 286 valence electrons. The number of alkyl halides is 1. The Morgan fingerprint density at radius 2 is 0.948 bits per heavy atom. The zero-order chi connectivity index (χ0) is 39.6. The van der Waals surface area contributed by atoms with Crippen LogP contribution >= 0.6 is 15.9 Å². The van der Waals surface area contributed by atoms with Crippen molar-refractivity contribution >= 4 is 38.1 Å². The van der Waals surface area contributed by atoms with E-state index in [9.17, 15) is 0 Å². The summed E-state index contributed by atoms with van der Waals surface area (Å²) in [5, 5.41) is 11.2. The fourth-order valence-electron chi connectivity index (χ4n) is 9.48. The standard InChI is InChI=1S/C55H49BrN2/c1-4-38-29-18-30-39(5-2)52(38)58-55(56)48-34-20-32-44-31-19-33-45(51(44)48)54(55)57-53-46(49(40-21-10-6-11-22-40)41-23-12-7-13-24-41)35-37(3)36-47(53)50(42-25-14-8-15-26-42)43-27-16-9-17-28-43/h6-36,49-50,54,57-58H,4-5H2,1-3H3. The minimum atomic E-state index is -0.686. The Bertz CT molecular complexity index is 2470. The first-order valence-electron chi connectivity index (χ1n) is 20.7. The fraction of sp³-hybridized carbons (Fsp3) is 0.164. The van der Waals surface area contributed by atoms with Gasteiger partial charge in [-0.2, -0.15) is 0 Å². The number of halogens is 1. The third-order valence-electron chi connectivity index (χ3n) is 12.1. The van der Waals surface area contributed by atoms with E-state index in [2.05, 4.69) is 235 Å². The molecule has 2 atom stereocenters. The van der Waals surface area contributed by atoms with Crippen molar-refractivity contribution in [2.75, 3.05) is 10.6 Å². The highest BCUT2D eigenvalue weighted by Gasteiger charge is 2.48. The predicted octanol–water partition coefficient (Wildman–Crippen LogP) is 14.5. The summed E-state index contributed by atoms with van der Waals surface area (Å²) < 4.78 is -0.686. The molecule has 1 aliphatic rings. The number of hydrogen-bond acceptors (Lipinski definition) is 2. The van der Waals surface area contributed by atoms with Crippen LogP contribution in [0.2, 0.25) is 0 Å². The predicted molar refractivity (Wildman–Crippen MR) is 249 cm³/mol. The second kappa shape index (κ2) is 16.2. The summed E-state index contributed by atoms with van der Waals surface area (Å²) in [5.74, 6) is -0.0546. The number of rotatable bonds is 12. The van der Waals surface area contributed by atoms with Gasteiger partial charge in [0, 0.05) is 23.2 Å². The van der Waals surface area contributed by atoms with Crippen LogP contribution in [-0.2, 0) is 17.3 Å². The maximum atomic E-state index is 4.55. The highest BCUT2D eigenvalue weighted by atomic mass is 79.9. The molecule has 9 rings (SSSR count). The molecule has 2 N–H and O–H groups in total. The highest BCUT2D eigenvalue weighted by molar-refractivity contribution is 9.09. The van der Waals surface area contributed by atoms with Crippen LogP contribution in [0, 0.1) is 6.92 Å². The molecule has 0 radical (unpaired) electrons. The van der Waals surface area contributed by atoms with Gasteiger partial charge in [0.2, 0.25) is 0 Å². The van der Waals surface area contributed by atoms with Crippen LogP contribution < -0.4 is 10.6 Å². The average molecular weight is 818 g/mol. The van der Waals surface area contributed by atoms with E-state index in [1.807, 2.05) is 0 Å². The van der Waals surface area contributed by atoms with E-state index in [4.69, 9.17) is 0 Å². The normalized spacial score (nSPS) is 15.9. The molecular weight excluding hydrogens is 769 g/mol. The molecule has 8 aromatic carbocycles. The quantitative estimate of drug-likeness (QED) is 0.0729. The second-order valence-electron chi connectivity index (χ2n) is 15.7. The molecule has 0 saturated carbocycles. The van der Waals surface area contributed by atoms with Crippen LogP contribution in [0.3, 0.4) is 0 Å². The molecule has 8 aromatic rings. The third kappa shape index (κ3) is 6.82. The highest BCUT2D eigenvalue weighted by Crippen LogP contribution is 2.57. The minimum Gasteiger partial charge on any atom is -0.374 e. The van der Waals surface area contributed by atoms with Crippen LogP contribution in [0.25, 0.3) is 10.8 Å². The topological polar surface area (TPSA) is 24.1 Å². The van der Waals surface area contributed by atoms with Crippen molar-refractivity contribution < 1.29 is 0 Å². The lowest BCUT2D eigenvalue weighted by Gasteiger charge is -2.38. The molecule has 0 heterocycles. The largest absolute Gasteiger partial charge is 0.374 e. The van der Waals surface area contributed by atoms with E-state index < -0.39 is 4.45 Å². The molecule has 3 heteroatoms. The van der Waals surface area contributed by atoms with Crippen LogP contribution in [-0.4, -0.2) is 0 Å². The molecule has 0 aromatic heterocycles. The maximum absolute atomic E-state index is 4.55. The Kier molecular flexibility index (Phi) is 10.5. The van der Waals surface area contributed by atoms with Crippen molar-refractivity contribution in [2.45, 2.75) is 55.9 Å². The van der Waals surface area contributed by atoms with Crippen molar-refractivity contribution in [2.24, 2.45) is 0 Å². The zero-order valence-corrected chi connectivity index (χ0v) is 35.0.